The summed E-state index contributed by atoms with van der Waals surface area (Å²) in [6.07, 6.45) is 2.44. The van der Waals surface area contributed by atoms with Crippen LogP contribution in [0.4, 0.5) is 34.1 Å². The average Bonchev–Trinajstić information content (AvgIpc) is 3.20. The molecule has 0 heterocycles. The van der Waals surface area contributed by atoms with Crippen LogP contribution in [0, 0.1) is 0 Å². The van der Waals surface area contributed by atoms with Crippen LogP contribution in [0.2, 0.25) is 0 Å². The zero-order valence-electron chi connectivity index (χ0n) is 32.9. The molecule has 0 saturated heterocycles. The van der Waals surface area contributed by atoms with Crippen LogP contribution in [0.3, 0.4) is 0 Å². The number of allylic oxidation sites excluding steroid dienone is 2. The second-order valence-electron chi connectivity index (χ2n) is 13.1. The average molecular weight is 1030 g/mol. The fourth-order valence-corrected chi connectivity index (χ4v) is 10.3. The molecular formula is C36H32N8O16S6. The molecule has 0 aromatic heterocycles. The van der Waals surface area contributed by atoms with Crippen LogP contribution in [0.15, 0.2) is 165 Å². The predicted octanol–water partition coefficient (Wildman–Crippen LogP) is 6.46. The maximum Gasteiger partial charge on any atom is 0.296 e. The van der Waals surface area contributed by atoms with Crippen LogP contribution in [-0.4, -0.2) is 82.6 Å². The van der Waals surface area contributed by atoms with Crippen LogP contribution < -0.4 is 10.5 Å². The minimum Gasteiger partial charge on any atom is -0.508 e. The molecule has 5 rings (SSSR count). The van der Waals surface area contributed by atoms with E-state index in [4.69, 9.17) is 5.73 Å². The molecule has 0 aliphatic rings. The largest absolute Gasteiger partial charge is 0.508 e. The van der Waals surface area contributed by atoms with E-state index in [1.165, 1.54) is 24.3 Å². The molecule has 30 heteroatoms. The summed E-state index contributed by atoms with van der Waals surface area (Å²) in [5.74, 6) is -2.44. The van der Waals surface area contributed by atoms with Crippen LogP contribution >= 0.6 is 12.6 Å². The molecule has 0 amide bonds. The Hall–Kier alpha value is -6.64. The predicted molar refractivity (Wildman–Crippen MR) is 239 cm³/mol. The molecule has 5 aromatic rings. The molecule has 0 saturated carbocycles. The van der Waals surface area contributed by atoms with Gasteiger partial charge in [0.2, 0.25) is 0 Å². The van der Waals surface area contributed by atoms with E-state index in [9.17, 15) is 71.1 Å². The molecule has 0 bridgehead atoms. The van der Waals surface area contributed by atoms with Crippen molar-refractivity contribution in [1.82, 2.24) is 4.72 Å². The summed E-state index contributed by atoms with van der Waals surface area (Å²) in [7, 11) is -24.4. The Morgan fingerprint density at radius 1 is 0.652 bits per heavy atom. The molecule has 24 nitrogen and oxygen atoms in total. The number of rotatable bonds is 17. The number of thiol groups is 1. The van der Waals surface area contributed by atoms with Gasteiger partial charge in [-0.1, -0.05) is 13.2 Å². The van der Waals surface area contributed by atoms with Crippen molar-refractivity contribution in [1.29, 1.82) is 0 Å². The number of aromatic hydroxyl groups is 3. The lowest BCUT2D eigenvalue weighted by Gasteiger charge is -2.14. The molecule has 9 N–H and O–H groups in total. The summed E-state index contributed by atoms with van der Waals surface area (Å²) in [4.78, 5) is -4.39. The smallest absolute Gasteiger partial charge is 0.296 e. The summed E-state index contributed by atoms with van der Waals surface area (Å²) in [6.45, 7) is 7.23. The molecular weight excluding hydrogens is 993 g/mol. The van der Waals surface area contributed by atoms with Gasteiger partial charge in [0.25, 0.3) is 40.4 Å². The Kier molecular flexibility index (Phi) is 14.5. The number of hydrogen-bond acceptors (Lipinski definition) is 21. The number of azo groups is 3. The lowest BCUT2D eigenvalue weighted by molar-refractivity contribution is 0.451. The van der Waals surface area contributed by atoms with Gasteiger partial charge in [-0.25, -0.2) is 16.8 Å². The zero-order chi connectivity index (χ0) is 49.2. The van der Waals surface area contributed by atoms with Gasteiger partial charge in [0.15, 0.2) is 15.6 Å². The van der Waals surface area contributed by atoms with Crippen LogP contribution in [0.25, 0.3) is 10.8 Å². The van der Waals surface area contributed by atoms with Crippen molar-refractivity contribution in [3.63, 3.8) is 0 Å². The van der Waals surface area contributed by atoms with Crippen molar-refractivity contribution in [2.75, 3.05) is 17.2 Å². The van der Waals surface area contributed by atoms with Gasteiger partial charge in [-0.15, -0.1) is 20.5 Å². The summed E-state index contributed by atoms with van der Waals surface area (Å²) in [5, 5.41) is 51.6. The Bertz CT molecular complexity index is 3540. The SMILES string of the molecule is C=C(/C=C\C(=C)NS(=O)(=O)c1ccc(N=Nc2c(S(=O)(=O)O)cc3cc(S(=O)(=O)O)c(N=Nc4ccc(S(=O)(=O)CCS)cc4S(=O)(=O)O)c(N)c3c2O)cc1)N=Nc1ccc(O)cc1O. The topological polar surface area (TPSA) is 404 Å². The third kappa shape index (κ3) is 11.8. The molecule has 0 spiro atoms. The first-order valence-corrected chi connectivity index (χ1v) is 25.6. The lowest BCUT2D eigenvalue weighted by Crippen LogP contribution is -2.21. The number of anilines is 1. The maximum atomic E-state index is 13.0. The van der Waals surface area contributed by atoms with Crippen LogP contribution in [0.5, 0.6) is 17.2 Å². The highest BCUT2D eigenvalue weighted by molar-refractivity contribution is 7.92. The van der Waals surface area contributed by atoms with E-state index in [0.717, 1.165) is 42.5 Å². The number of phenols is 3. The second-order valence-corrected chi connectivity index (χ2v) is 21.5. The molecule has 348 valence electrons. The Balaban J connectivity index is 1.49. The van der Waals surface area contributed by atoms with E-state index in [1.54, 1.807) is 0 Å². The standard InChI is InChI=1S/C36H32N8O16S6/c1-19(38-40-26-11-7-23(45)17-28(26)46)3-4-20(2)44-63(50,51)24-8-5-22(6-9-24)39-43-35-31(66(58,59)60)16-21-15-30(65(55,56)57)34(33(37)32(21)36(35)47)42-41-27-12-10-25(62(48,49)14-13-61)18-29(27)64(52,53)54/h3-12,15-18,44-47,61H,1-2,13-14,37H2,(H,52,53,54)(H,55,56,57)(H,58,59,60)/b4-3-,40-38?,42-41?,43-39?. The number of nitrogens with one attached hydrogen (secondary N) is 1. The van der Waals surface area contributed by atoms with Gasteiger partial charge in [0.05, 0.1) is 38.0 Å². The van der Waals surface area contributed by atoms with E-state index >= 15 is 0 Å². The maximum absolute atomic E-state index is 13.0. The fourth-order valence-electron chi connectivity index (χ4n) is 5.43. The van der Waals surface area contributed by atoms with Crippen molar-refractivity contribution in [3.8, 4) is 17.2 Å². The lowest BCUT2D eigenvalue weighted by atomic mass is 10.1. The van der Waals surface area contributed by atoms with Gasteiger partial charge in [0, 0.05) is 17.5 Å². The van der Waals surface area contributed by atoms with Crippen molar-refractivity contribution in [2.24, 2.45) is 30.7 Å². The van der Waals surface area contributed by atoms with Gasteiger partial charge >= 0.3 is 0 Å². The number of hydrogen-bond donors (Lipinski definition) is 9. The number of sulfonamides is 1. The molecule has 5 aromatic carbocycles. The van der Waals surface area contributed by atoms with E-state index in [1.807, 2.05) is 0 Å². The van der Waals surface area contributed by atoms with E-state index in [0.29, 0.717) is 18.2 Å². The summed E-state index contributed by atoms with van der Waals surface area (Å²) < 4.78 is 158. The highest BCUT2D eigenvalue weighted by atomic mass is 32.2. The number of benzene rings is 5. The number of phenolic OH excluding ortho intramolecular Hbond substituents is 3. The second kappa shape index (κ2) is 19.1. The first-order valence-electron chi connectivity index (χ1n) is 17.5. The number of nitrogens with two attached hydrogens (primary N) is 1. The van der Waals surface area contributed by atoms with Crippen molar-refractivity contribution >= 4 is 108 Å². The van der Waals surface area contributed by atoms with Crippen LogP contribution in [0.1, 0.15) is 0 Å². The van der Waals surface area contributed by atoms with Gasteiger partial charge in [-0.3, -0.25) is 18.4 Å². The summed E-state index contributed by atoms with van der Waals surface area (Å²) >= 11 is 3.84. The molecule has 0 aliphatic heterocycles. The third-order valence-corrected chi connectivity index (χ3v) is 14.7. The van der Waals surface area contributed by atoms with Crippen molar-refractivity contribution in [2.45, 2.75) is 24.5 Å². The molecule has 66 heavy (non-hydrogen) atoms. The zero-order valence-corrected chi connectivity index (χ0v) is 37.9. The van der Waals surface area contributed by atoms with Gasteiger partial charge < -0.3 is 21.1 Å². The molecule has 0 radical (unpaired) electrons. The van der Waals surface area contributed by atoms with Gasteiger partial charge in [0.1, 0.15) is 48.9 Å². The van der Waals surface area contributed by atoms with Crippen molar-refractivity contribution in [3.05, 3.63) is 110 Å². The van der Waals surface area contributed by atoms with Gasteiger partial charge in [-0.2, -0.15) is 48.1 Å². The Morgan fingerprint density at radius 2 is 1.21 bits per heavy atom. The minimum atomic E-state index is -5.38. The third-order valence-electron chi connectivity index (χ3n) is 8.46. The van der Waals surface area contributed by atoms with Crippen LogP contribution in [-0.2, 0) is 50.2 Å². The monoisotopic (exact) mass is 1020 g/mol. The summed E-state index contributed by atoms with van der Waals surface area (Å²) in [5.41, 5.74) is 2.25. The van der Waals surface area contributed by atoms with E-state index in [2.05, 4.69) is 61.2 Å². The highest BCUT2D eigenvalue weighted by Gasteiger charge is 2.29. The first kappa shape index (κ1) is 50.4. The first-order chi connectivity index (χ1) is 30.5. The molecule has 0 aliphatic carbocycles. The summed E-state index contributed by atoms with van der Waals surface area (Å²) in [6, 6.07) is 11.2. The quantitative estimate of drug-likeness (QED) is 0.0159. The molecule has 0 fully saturated rings. The Morgan fingerprint density at radius 3 is 1.79 bits per heavy atom. The van der Waals surface area contributed by atoms with E-state index in [-0.39, 0.29) is 44.9 Å². The van der Waals surface area contributed by atoms with E-state index < -0.39 is 115 Å². The normalized spacial score (nSPS) is 13.1. The number of fused-ring (bicyclic) bond motifs is 1. The number of nitrogens with zero attached hydrogens (tertiary/aromatic N) is 6. The fraction of sp³-hybridized carbons (Fsp3) is 0.0556. The van der Waals surface area contributed by atoms with Gasteiger partial charge in [-0.05, 0) is 84.3 Å². The minimum absolute atomic E-state index is 0.0135. The Labute approximate surface area is 380 Å². The molecule has 0 atom stereocenters. The number of sulfone groups is 1. The highest BCUT2D eigenvalue weighted by Crippen LogP contribution is 2.48. The molecule has 0 unspecified atom stereocenters. The van der Waals surface area contributed by atoms with Crippen molar-refractivity contribution < 1.29 is 71.1 Å². The number of nitrogen functional groups attached to an aromatic ring is 1.